The van der Waals surface area contributed by atoms with Crippen LogP contribution in [0.5, 0.6) is 0 Å². The van der Waals surface area contributed by atoms with Crippen molar-refractivity contribution in [2.24, 2.45) is 0 Å². The van der Waals surface area contributed by atoms with Crippen LogP contribution in [0, 0.1) is 0 Å². The fourth-order valence-electron chi connectivity index (χ4n) is 2.00. The molecule has 2 N–H and O–H groups in total. The fourth-order valence-corrected chi connectivity index (χ4v) is 3.90. The lowest BCUT2D eigenvalue weighted by atomic mass is 10.1. The molecule has 0 aliphatic rings. The van der Waals surface area contributed by atoms with Crippen molar-refractivity contribution in [1.82, 2.24) is 9.44 Å². The average Bonchev–Trinajstić information content (AvgIpc) is 2.52. The molecule has 0 spiro atoms. The van der Waals surface area contributed by atoms with Gasteiger partial charge in [-0.15, -0.1) is 13.2 Å². The predicted molar refractivity (Wildman–Crippen MR) is 119 cm³/mol. The second-order valence-electron chi connectivity index (χ2n) is 8.80. The summed E-state index contributed by atoms with van der Waals surface area (Å²) in [6.45, 7) is 17.2. The van der Waals surface area contributed by atoms with Crippen molar-refractivity contribution < 1.29 is 16.8 Å². The zero-order valence-corrected chi connectivity index (χ0v) is 19.8. The summed E-state index contributed by atoms with van der Waals surface area (Å²) in [7, 11) is -7.08. The summed E-state index contributed by atoms with van der Waals surface area (Å²) in [5.74, 6) is 0. The Morgan fingerprint density at radius 2 is 1.00 bits per heavy atom. The van der Waals surface area contributed by atoms with Crippen LogP contribution < -0.4 is 9.44 Å². The SMILES string of the molecule is C=CCCC(/C=C/C(CCC=C)NS(=O)(=O)C(C)(C)C)NS(=O)(=O)C(C)(C)C. The van der Waals surface area contributed by atoms with Gasteiger partial charge >= 0.3 is 0 Å². The van der Waals surface area contributed by atoms with Crippen molar-refractivity contribution in [3.63, 3.8) is 0 Å². The van der Waals surface area contributed by atoms with Crippen LogP contribution in [0.25, 0.3) is 0 Å². The normalized spacial score (nSPS) is 16.1. The van der Waals surface area contributed by atoms with E-state index >= 15 is 0 Å². The molecule has 0 aromatic carbocycles. The molecule has 0 bridgehead atoms. The first kappa shape index (κ1) is 27.0. The van der Waals surface area contributed by atoms with Crippen LogP contribution in [-0.4, -0.2) is 38.4 Å². The summed E-state index contributed by atoms with van der Waals surface area (Å²) in [6, 6.07) is -0.903. The Labute approximate surface area is 172 Å². The molecule has 164 valence electrons. The van der Waals surface area contributed by atoms with Crippen LogP contribution in [0.3, 0.4) is 0 Å². The van der Waals surface area contributed by atoms with Gasteiger partial charge in [-0.1, -0.05) is 24.3 Å². The molecule has 28 heavy (non-hydrogen) atoms. The molecule has 0 aromatic rings. The maximum atomic E-state index is 12.5. The monoisotopic (exact) mass is 434 g/mol. The largest absolute Gasteiger partial charge is 0.217 e. The molecule has 0 aliphatic heterocycles. The Kier molecular flexibility index (Phi) is 10.3. The summed E-state index contributed by atoms with van der Waals surface area (Å²) in [5, 5.41) is 0. The van der Waals surface area contributed by atoms with Gasteiger partial charge in [-0.05, 0) is 67.2 Å². The molecule has 2 unspecified atom stereocenters. The van der Waals surface area contributed by atoms with E-state index in [1.54, 1.807) is 65.8 Å². The molecule has 0 heterocycles. The van der Waals surface area contributed by atoms with Crippen molar-refractivity contribution in [2.75, 3.05) is 0 Å². The Balaban J connectivity index is 5.59. The van der Waals surface area contributed by atoms with Gasteiger partial charge in [-0.3, -0.25) is 0 Å². The lowest BCUT2D eigenvalue weighted by Gasteiger charge is -2.25. The molecule has 0 saturated carbocycles. The predicted octanol–water partition coefficient (Wildman–Crippen LogP) is 3.65. The Morgan fingerprint density at radius 1 is 0.714 bits per heavy atom. The van der Waals surface area contributed by atoms with Crippen molar-refractivity contribution in [2.45, 2.75) is 88.8 Å². The van der Waals surface area contributed by atoms with E-state index in [0.29, 0.717) is 25.7 Å². The minimum atomic E-state index is -3.54. The van der Waals surface area contributed by atoms with Crippen molar-refractivity contribution >= 4 is 20.0 Å². The second kappa shape index (κ2) is 10.7. The molecule has 0 radical (unpaired) electrons. The molecule has 6 nitrogen and oxygen atoms in total. The quantitative estimate of drug-likeness (QED) is 0.459. The van der Waals surface area contributed by atoms with Crippen molar-refractivity contribution in [1.29, 1.82) is 0 Å². The summed E-state index contributed by atoms with van der Waals surface area (Å²) in [5.41, 5.74) is 0. The van der Waals surface area contributed by atoms with Gasteiger partial charge in [0.25, 0.3) is 0 Å². The van der Waals surface area contributed by atoms with E-state index in [1.807, 2.05) is 0 Å². The number of rotatable bonds is 12. The third-order valence-corrected chi connectivity index (χ3v) is 8.62. The smallest absolute Gasteiger partial charge is 0.212 e. The standard InChI is InChI=1S/C20H38N2O4S2/c1-9-11-13-17(21-27(23,24)19(3,4)5)15-16-18(14-12-10-2)22-28(25,26)20(6,7)8/h9-10,15-18,21-22H,1-2,11-14H2,3-8H3/b16-15+. The van der Waals surface area contributed by atoms with Gasteiger partial charge in [0.2, 0.25) is 20.0 Å². The number of hydrogen-bond acceptors (Lipinski definition) is 4. The topological polar surface area (TPSA) is 92.3 Å². The maximum Gasteiger partial charge on any atom is 0.217 e. The highest BCUT2D eigenvalue weighted by Gasteiger charge is 2.32. The molecule has 0 amide bonds. The van der Waals surface area contributed by atoms with Gasteiger partial charge < -0.3 is 0 Å². The minimum Gasteiger partial charge on any atom is -0.212 e. The van der Waals surface area contributed by atoms with Gasteiger partial charge in [0.15, 0.2) is 0 Å². The van der Waals surface area contributed by atoms with Crippen LogP contribution in [0.1, 0.15) is 67.2 Å². The zero-order chi connectivity index (χ0) is 22.2. The van der Waals surface area contributed by atoms with E-state index in [0.717, 1.165) is 0 Å². The molecular weight excluding hydrogens is 396 g/mol. The lowest BCUT2D eigenvalue weighted by molar-refractivity contribution is 0.524. The number of nitrogens with one attached hydrogen (secondary N) is 2. The highest BCUT2D eigenvalue weighted by Crippen LogP contribution is 2.17. The molecular formula is C20H38N2O4S2. The molecule has 0 saturated heterocycles. The Morgan fingerprint density at radius 3 is 1.21 bits per heavy atom. The third-order valence-electron chi connectivity index (χ3n) is 4.16. The Bertz CT molecular complexity index is 676. The summed E-state index contributed by atoms with van der Waals surface area (Å²) >= 11 is 0. The summed E-state index contributed by atoms with van der Waals surface area (Å²) in [6.07, 6.45) is 9.25. The molecule has 0 fully saturated rings. The van der Waals surface area contributed by atoms with E-state index < -0.39 is 41.6 Å². The zero-order valence-electron chi connectivity index (χ0n) is 18.2. The van der Waals surface area contributed by atoms with E-state index in [9.17, 15) is 16.8 Å². The average molecular weight is 435 g/mol. The third kappa shape index (κ3) is 9.03. The van der Waals surface area contributed by atoms with Crippen LogP contribution in [0.2, 0.25) is 0 Å². The maximum absolute atomic E-state index is 12.5. The number of sulfonamides is 2. The van der Waals surface area contributed by atoms with Gasteiger partial charge in [0, 0.05) is 12.1 Å². The molecule has 0 rings (SSSR count). The molecule has 8 heteroatoms. The van der Waals surface area contributed by atoms with Gasteiger partial charge in [0.1, 0.15) is 0 Å². The lowest BCUT2D eigenvalue weighted by Crippen LogP contribution is -2.45. The van der Waals surface area contributed by atoms with Crippen LogP contribution in [0.15, 0.2) is 37.5 Å². The van der Waals surface area contributed by atoms with E-state index in [-0.39, 0.29) is 0 Å². The first-order chi connectivity index (χ1) is 12.6. The van der Waals surface area contributed by atoms with Crippen molar-refractivity contribution in [3.8, 4) is 0 Å². The van der Waals surface area contributed by atoms with Crippen molar-refractivity contribution in [3.05, 3.63) is 37.5 Å². The van der Waals surface area contributed by atoms with Crippen LogP contribution in [0.4, 0.5) is 0 Å². The van der Waals surface area contributed by atoms with Gasteiger partial charge in [0.05, 0.1) is 9.49 Å². The van der Waals surface area contributed by atoms with Crippen LogP contribution in [-0.2, 0) is 20.0 Å². The fraction of sp³-hybridized carbons (Fsp3) is 0.700. The first-order valence-electron chi connectivity index (χ1n) is 9.51. The van der Waals surface area contributed by atoms with E-state index in [4.69, 9.17) is 0 Å². The first-order valence-corrected chi connectivity index (χ1v) is 12.5. The Hall–Kier alpha value is -0.960. The van der Waals surface area contributed by atoms with Crippen LogP contribution >= 0.6 is 0 Å². The van der Waals surface area contributed by atoms with E-state index in [2.05, 4.69) is 22.6 Å². The molecule has 0 aliphatic carbocycles. The molecule has 2 atom stereocenters. The summed E-state index contributed by atoms with van der Waals surface area (Å²) in [4.78, 5) is 0. The van der Waals surface area contributed by atoms with Gasteiger partial charge in [-0.2, -0.15) is 0 Å². The minimum absolute atomic E-state index is 0.451. The highest BCUT2D eigenvalue weighted by molar-refractivity contribution is 7.91. The number of allylic oxidation sites excluding steroid dienone is 2. The molecule has 0 aromatic heterocycles. The number of hydrogen-bond donors (Lipinski definition) is 2. The summed E-state index contributed by atoms with van der Waals surface area (Å²) < 4.78 is 53.6. The van der Waals surface area contributed by atoms with E-state index in [1.165, 1.54) is 0 Å². The second-order valence-corrected chi connectivity index (χ2v) is 13.7. The van der Waals surface area contributed by atoms with Gasteiger partial charge in [-0.25, -0.2) is 26.3 Å². The highest BCUT2D eigenvalue weighted by atomic mass is 32.2.